The number of anilines is 1. The summed E-state index contributed by atoms with van der Waals surface area (Å²) in [6, 6.07) is 12.2. The second kappa shape index (κ2) is 10.4. The van der Waals surface area contributed by atoms with Crippen LogP contribution in [0.4, 0.5) is 16.2 Å². The van der Waals surface area contributed by atoms with E-state index >= 15 is 0 Å². The third-order valence-corrected chi connectivity index (χ3v) is 5.22. The number of para-hydroxylation sites is 1. The van der Waals surface area contributed by atoms with Crippen LogP contribution in [-0.2, 0) is 4.74 Å². The molecule has 9 heteroatoms. The molecule has 33 heavy (non-hydrogen) atoms. The van der Waals surface area contributed by atoms with Crippen molar-refractivity contribution in [2.45, 2.75) is 39.2 Å². The fourth-order valence-corrected chi connectivity index (χ4v) is 3.86. The first-order chi connectivity index (χ1) is 15.7. The lowest BCUT2D eigenvalue weighted by Crippen LogP contribution is -2.42. The molecule has 1 saturated heterocycles. The SMILES string of the molecule is COc1c(Oc2ccccc2)ccc([N+](=O)[O-])c1N1CCC[C@@H](CNC(=O)OC(C)(C)C)C1. The molecule has 1 aliphatic rings. The molecule has 0 bridgehead atoms. The van der Waals surface area contributed by atoms with Gasteiger partial charge in [-0.15, -0.1) is 0 Å². The van der Waals surface area contributed by atoms with Crippen LogP contribution in [-0.4, -0.2) is 43.4 Å². The van der Waals surface area contributed by atoms with E-state index in [1.807, 2.05) is 43.9 Å². The third-order valence-electron chi connectivity index (χ3n) is 5.22. The number of ether oxygens (including phenoxy) is 3. The summed E-state index contributed by atoms with van der Waals surface area (Å²) in [7, 11) is 1.48. The normalized spacial score (nSPS) is 16.1. The molecule has 1 fully saturated rings. The molecule has 3 rings (SSSR count). The summed E-state index contributed by atoms with van der Waals surface area (Å²) in [5.41, 5.74) is -0.235. The molecule has 2 aromatic carbocycles. The van der Waals surface area contributed by atoms with E-state index in [0.29, 0.717) is 42.6 Å². The van der Waals surface area contributed by atoms with E-state index in [-0.39, 0.29) is 11.6 Å². The Bertz CT molecular complexity index is 974. The summed E-state index contributed by atoms with van der Waals surface area (Å²) < 4.78 is 16.9. The highest BCUT2D eigenvalue weighted by molar-refractivity contribution is 5.76. The Labute approximate surface area is 193 Å². The van der Waals surface area contributed by atoms with Crippen LogP contribution in [0.5, 0.6) is 17.2 Å². The maximum absolute atomic E-state index is 12.0. The Hall–Kier alpha value is -3.49. The number of hydrogen-bond acceptors (Lipinski definition) is 7. The van der Waals surface area contributed by atoms with Gasteiger partial charge in [0, 0.05) is 25.7 Å². The number of alkyl carbamates (subject to hydrolysis) is 1. The predicted molar refractivity (Wildman–Crippen MR) is 125 cm³/mol. The van der Waals surface area contributed by atoms with Crippen LogP contribution in [0.1, 0.15) is 33.6 Å². The van der Waals surface area contributed by atoms with Gasteiger partial charge in [0.2, 0.25) is 0 Å². The summed E-state index contributed by atoms with van der Waals surface area (Å²) in [5, 5.41) is 14.7. The topological polar surface area (TPSA) is 103 Å². The van der Waals surface area contributed by atoms with Crippen LogP contribution in [0.25, 0.3) is 0 Å². The van der Waals surface area contributed by atoms with Crippen molar-refractivity contribution < 1.29 is 23.9 Å². The van der Waals surface area contributed by atoms with Crippen molar-refractivity contribution in [3.8, 4) is 17.2 Å². The number of carbonyl (C=O) groups is 1. The smallest absolute Gasteiger partial charge is 0.407 e. The maximum Gasteiger partial charge on any atom is 0.407 e. The molecular weight excluding hydrogens is 426 g/mol. The molecule has 0 saturated carbocycles. The predicted octanol–water partition coefficient (Wildman–Crippen LogP) is 5.14. The van der Waals surface area contributed by atoms with Gasteiger partial charge in [0.25, 0.3) is 5.69 Å². The monoisotopic (exact) mass is 457 g/mol. The Balaban J connectivity index is 1.83. The lowest BCUT2D eigenvalue weighted by Gasteiger charge is -2.35. The van der Waals surface area contributed by atoms with Crippen LogP contribution in [0.3, 0.4) is 0 Å². The molecule has 1 heterocycles. The molecule has 0 aliphatic carbocycles. The summed E-state index contributed by atoms with van der Waals surface area (Å²) >= 11 is 0. The lowest BCUT2D eigenvalue weighted by atomic mass is 9.97. The molecule has 178 valence electrons. The number of nitrogens with one attached hydrogen (secondary N) is 1. The maximum atomic E-state index is 12.0. The number of amides is 1. The number of piperidine rings is 1. The quantitative estimate of drug-likeness (QED) is 0.454. The number of benzene rings is 2. The van der Waals surface area contributed by atoms with Crippen molar-refractivity contribution in [1.82, 2.24) is 5.32 Å². The van der Waals surface area contributed by atoms with Gasteiger partial charge >= 0.3 is 6.09 Å². The van der Waals surface area contributed by atoms with Gasteiger partial charge in [0.15, 0.2) is 17.2 Å². The standard InChI is InChI=1S/C24H31N3O6/c1-24(2,3)33-23(28)25-15-17-9-8-14-26(16-17)21-19(27(29)30)12-13-20(22(21)31-4)32-18-10-6-5-7-11-18/h5-7,10-13,17H,8-9,14-16H2,1-4H3,(H,25,28)/t17-/m0/s1. The van der Waals surface area contributed by atoms with Crippen molar-refractivity contribution in [2.24, 2.45) is 5.92 Å². The van der Waals surface area contributed by atoms with Crippen LogP contribution < -0.4 is 19.7 Å². The largest absolute Gasteiger partial charge is 0.491 e. The van der Waals surface area contributed by atoms with Gasteiger partial charge in [-0.3, -0.25) is 10.1 Å². The average Bonchev–Trinajstić information content (AvgIpc) is 2.77. The molecule has 1 aliphatic heterocycles. The van der Waals surface area contributed by atoms with Gasteiger partial charge in [0.05, 0.1) is 12.0 Å². The van der Waals surface area contributed by atoms with Gasteiger partial charge in [-0.2, -0.15) is 0 Å². The van der Waals surface area contributed by atoms with Crippen LogP contribution >= 0.6 is 0 Å². The Morgan fingerprint density at radius 1 is 1.21 bits per heavy atom. The number of rotatable bonds is 7. The molecule has 0 spiro atoms. The zero-order chi connectivity index (χ0) is 24.0. The second-order valence-electron chi connectivity index (χ2n) is 8.97. The zero-order valence-electron chi connectivity index (χ0n) is 19.5. The first kappa shape index (κ1) is 24.2. The first-order valence-corrected chi connectivity index (χ1v) is 11.0. The lowest BCUT2D eigenvalue weighted by molar-refractivity contribution is -0.384. The minimum absolute atomic E-state index is 0.0481. The highest BCUT2D eigenvalue weighted by Gasteiger charge is 2.31. The average molecular weight is 458 g/mol. The number of nitro benzene ring substituents is 1. The van der Waals surface area contributed by atoms with Crippen molar-refractivity contribution in [2.75, 3.05) is 31.6 Å². The Morgan fingerprint density at radius 2 is 1.94 bits per heavy atom. The van der Waals surface area contributed by atoms with Crippen LogP contribution in [0, 0.1) is 16.0 Å². The molecule has 0 radical (unpaired) electrons. The third kappa shape index (κ3) is 6.50. The minimum atomic E-state index is -0.574. The van der Waals surface area contributed by atoms with Gasteiger partial charge in [-0.1, -0.05) is 18.2 Å². The van der Waals surface area contributed by atoms with Crippen LogP contribution in [0.2, 0.25) is 0 Å². The van der Waals surface area contributed by atoms with E-state index < -0.39 is 16.6 Å². The van der Waals surface area contributed by atoms with E-state index in [0.717, 1.165) is 12.8 Å². The summed E-state index contributed by atoms with van der Waals surface area (Å²) in [5.74, 6) is 1.43. The molecular formula is C24H31N3O6. The molecule has 2 aromatic rings. The molecule has 0 aromatic heterocycles. The van der Waals surface area contributed by atoms with E-state index in [2.05, 4.69) is 5.32 Å². The Kier molecular flexibility index (Phi) is 7.63. The summed E-state index contributed by atoms with van der Waals surface area (Å²) in [4.78, 5) is 25.4. The molecule has 1 amide bonds. The number of carbonyl (C=O) groups excluding carboxylic acids is 1. The van der Waals surface area contributed by atoms with Crippen molar-refractivity contribution in [1.29, 1.82) is 0 Å². The van der Waals surface area contributed by atoms with Gasteiger partial charge in [0.1, 0.15) is 11.4 Å². The molecule has 1 atom stereocenters. The number of nitro groups is 1. The van der Waals surface area contributed by atoms with Gasteiger partial charge < -0.3 is 24.4 Å². The van der Waals surface area contributed by atoms with Crippen molar-refractivity contribution >= 4 is 17.5 Å². The van der Waals surface area contributed by atoms with Gasteiger partial charge in [-0.05, 0) is 57.7 Å². The minimum Gasteiger partial charge on any atom is -0.491 e. The van der Waals surface area contributed by atoms with E-state index in [9.17, 15) is 14.9 Å². The van der Waals surface area contributed by atoms with E-state index in [4.69, 9.17) is 14.2 Å². The summed E-state index contributed by atoms with van der Waals surface area (Å²) in [6.45, 7) is 7.01. The highest BCUT2D eigenvalue weighted by atomic mass is 16.6. The molecule has 0 unspecified atom stereocenters. The van der Waals surface area contributed by atoms with Crippen molar-refractivity contribution in [3.63, 3.8) is 0 Å². The van der Waals surface area contributed by atoms with Gasteiger partial charge in [-0.25, -0.2) is 4.79 Å². The Morgan fingerprint density at radius 3 is 2.58 bits per heavy atom. The summed E-state index contributed by atoms with van der Waals surface area (Å²) in [6.07, 6.45) is 1.24. The molecule has 9 nitrogen and oxygen atoms in total. The van der Waals surface area contributed by atoms with Crippen LogP contribution in [0.15, 0.2) is 42.5 Å². The number of hydrogen-bond donors (Lipinski definition) is 1. The molecule has 1 N–H and O–H groups in total. The first-order valence-electron chi connectivity index (χ1n) is 11.0. The fourth-order valence-electron chi connectivity index (χ4n) is 3.86. The van der Waals surface area contributed by atoms with E-state index in [1.165, 1.54) is 13.2 Å². The number of nitrogens with zero attached hydrogens (tertiary/aromatic N) is 2. The highest BCUT2D eigenvalue weighted by Crippen LogP contribution is 2.46. The van der Waals surface area contributed by atoms with E-state index in [1.54, 1.807) is 18.2 Å². The second-order valence-corrected chi connectivity index (χ2v) is 8.97. The van der Waals surface area contributed by atoms with Crippen molar-refractivity contribution in [3.05, 3.63) is 52.6 Å². The number of methoxy groups -OCH3 is 1. The zero-order valence-corrected chi connectivity index (χ0v) is 19.5. The fraction of sp³-hybridized carbons (Fsp3) is 0.458.